The number of nitrogens with one attached hydrogen (secondary N) is 2. The number of hydrogen-bond donors (Lipinski definition) is 2. The van der Waals surface area contributed by atoms with E-state index in [0.717, 1.165) is 12.5 Å². The molecule has 1 heterocycles. The van der Waals surface area contributed by atoms with Crippen LogP contribution < -0.4 is 10.6 Å². The second kappa shape index (κ2) is 9.82. The lowest BCUT2D eigenvalue weighted by atomic mass is 9.96. The molecule has 0 radical (unpaired) electrons. The van der Waals surface area contributed by atoms with Gasteiger partial charge in [0.25, 0.3) is 0 Å². The van der Waals surface area contributed by atoms with Crippen LogP contribution in [-0.2, 0) is 0 Å². The predicted octanol–water partition coefficient (Wildman–Crippen LogP) is 2.59. The van der Waals surface area contributed by atoms with Gasteiger partial charge in [0.15, 0.2) is 5.96 Å². The van der Waals surface area contributed by atoms with Crippen molar-refractivity contribution >= 4 is 29.9 Å². The number of nitrogens with zero attached hydrogens (tertiary/aromatic N) is 2. The summed E-state index contributed by atoms with van der Waals surface area (Å²) in [4.78, 5) is 6.94. The van der Waals surface area contributed by atoms with Crippen LogP contribution in [0.3, 0.4) is 0 Å². The molecular weight excluding hydrogens is 363 g/mol. The Hall–Kier alpha value is -0.0400. The van der Waals surface area contributed by atoms with Gasteiger partial charge >= 0.3 is 0 Å². The van der Waals surface area contributed by atoms with Gasteiger partial charge in [-0.25, -0.2) is 0 Å². The maximum atomic E-state index is 4.37. The summed E-state index contributed by atoms with van der Waals surface area (Å²) in [6.07, 6.45) is 9.38. The summed E-state index contributed by atoms with van der Waals surface area (Å²) in [7, 11) is 1.88. The smallest absolute Gasteiger partial charge is 0.191 e. The third-order valence-corrected chi connectivity index (χ3v) is 4.58. The molecule has 4 nitrogen and oxygen atoms in total. The van der Waals surface area contributed by atoms with Crippen molar-refractivity contribution in [1.82, 2.24) is 15.5 Å². The molecule has 1 aliphatic carbocycles. The van der Waals surface area contributed by atoms with E-state index in [4.69, 9.17) is 0 Å². The van der Waals surface area contributed by atoms with Crippen LogP contribution in [0, 0.1) is 0 Å². The Bertz CT molecular complexity index is 290. The molecule has 2 rings (SSSR count). The van der Waals surface area contributed by atoms with Gasteiger partial charge < -0.3 is 10.6 Å². The predicted molar refractivity (Wildman–Crippen MR) is 97.1 cm³/mol. The average Bonchev–Trinajstić information content (AvgIpc) is 2.92. The number of rotatable bonds is 4. The van der Waals surface area contributed by atoms with Gasteiger partial charge in [-0.3, -0.25) is 9.89 Å². The van der Waals surface area contributed by atoms with Gasteiger partial charge in [-0.05, 0) is 38.8 Å². The highest BCUT2D eigenvalue weighted by Crippen LogP contribution is 2.17. The highest BCUT2D eigenvalue weighted by Gasteiger charge is 2.23. The van der Waals surface area contributed by atoms with Gasteiger partial charge in [0.05, 0.1) is 0 Å². The van der Waals surface area contributed by atoms with Crippen LogP contribution in [0.1, 0.15) is 51.9 Å². The van der Waals surface area contributed by atoms with Crippen molar-refractivity contribution in [2.24, 2.45) is 4.99 Å². The summed E-state index contributed by atoms with van der Waals surface area (Å²) in [6, 6.07) is 1.32. The fraction of sp³-hybridized carbons (Fsp3) is 0.933. The third kappa shape index (κ3) is 5.39. The maximum Gasteiger partial charge on any atom is 0.191 e. The van der Waals surface area contributed by atoms with Gasteiger partial charge in [-0.1, -0.05) is 26.2 Å². The fourth-order valence-corrected chi connectivity index (χ4v) is 3.39. The summed E-state index contributed by atoms with van der Waals surface area (Å²) in [6.45, 7) is 5.71. The van der Waals surface area contributed by atoms with Crippen molar-refractivity contribution in [1.29, 1.82) is 0 Å². The van der Waals surface area contributed by atoms with E-state index in [9.17, 15) is 0 Å². The molecule has 1 saturated carbocycles. The van der Waals surface area contributed by atoms with Crippen LogP contribution in [0.2, 0.25) is 0 Å². The molecule has 1 saturated heterocycles. The molecule has 0 aromatic rings. The molecule has 1 aliphatic heterocycles. The minimum atomic E-state index is 0. The molecule has 118 valence electrons. The second-order valence-electron chi connectivity index (χ2n) is 5.86. The maximum absolute atomic E-state index is 4.37. The van der Waals surface area contributed by atoms with Crippen molar-refractivity contribution in [2.75, 3.05) is 26.7 Å². The lowest BCUT2D eigenvalue weighted by Crippen LogP contribution is -2.48. The molecule has 0 spiro atoms. The molecular formula is C15H31IN4. The van der Waals surface area contributed by atoms with Crippen molar-refractivity contribution in [3.63, 3.8) is 0 Å². The van der Waals surface area contributed by atoms with E-state index >= 15 is 0 Å². The van der Waals surface area contributed by atoms with E-state index in [1.807, 2.05) is 7.05 Å². The Morgan fingerprint density at radius 1 is 1.15 bits per heavy atom. The van der Waals surface area contributed by atoms with Crippen molar-refractivity contribution in [3.05, 3.63) is 0 Å². The Kier molecular flexibility index (Phi) is 8.84. The van der Waals surface area contributed by atoms with E-state index in [1.165, 1.54) is 58.0 Å². The molecule has 2 fully saturated rings. The molecule has 2 N–H and O–H groups in total. The van der Waals surface area contributed by atoms with Crippen LogP contribution >= 0.6 is 24.0 Å². The lowest BCUT2D eigenvalue weighted by Gasteiger charge is -2.27. The molecule has 20 heavy (non-hydrogen) atoms. The van der Waals surface area contributed by atoms with Crippen LogP contribution in [0.5, 0.6) is 0 Å². The second-order valence-corrected chi connectivity index (χ2v) is 5.86. The first-order valence-electron chi connectivity index (χ1n) is 8.04. The summed E-state index contributed by atoms with van der Waals surface area (Å²) >= 11 is 0. The summed E-state index contributed by atoms with van der Waals surface area (Å²) in [5.41, 5.74) is 0. The quantitative estimate of drug-likeness (QED) is 0.438. The minimum absolute atomic E-state index is 0. The fourth-order valence-electron chi connectivity index (χ4n) is 3.39. The molecule has 0 aromatic carbocycles. The highest BCUT2D eigenvalue weighted by molar-refractivity contribution is 14.0. The van der Waals surface area contributed by atoms with Gasteiger partial charge in [-0.2, -0.15) is 0 Å². The van der Waals surface area contributed by atoms with Gasteiger partial charge in [0.2, 0.25) is 0 Å². The number of guanidine groups is 1. The van der Waals surface area contributed by atoms with Crippen LogP contribution in [0.25, 0.3) is 0 Å². The third-order valence-electron chi connectivity index (χ3n) is 4.58. The van der Waals surface area contributed by atoms with E-state index in [2.05, 4.69) is 27.4 Å². The topological polar surface area (TPSA) is 39.7 Å². The lowest BCUT2D eigenvalue weighted by molar-refractivity contribution is 0.266. The van der Waals surface area contributed by atoms with Gasteiger partial charge in [0, 0.05) is 25.7 Å². The van der Waals surface area contributed by atoms with Crippen molar-refractivity contribution < 1.29 is 0 Å². The Labute approximate surface area is 141 Å². The molecule has 2 aliphatic rings. The molecule has 0 aromatic heterocycles. The standard InChI is InChI=1S/C15H30N4.HI/c1-3-19-11-7-10-14(19)12-17-15(16-2)18-13-8-5-4-6-9-13;/h13-14H,3-12H2,1-2H3,(H2,16,17,18);1H. The molecule has 0 bridgehead atoms. The number of likely N-dealkylation sites (N-methyl/N-ethyl adjacent to an activating group) is 1. The van der Waals surface area contributed by atoms with Crippen LogP contribution in [0.4, 0.5) is 0 Å². The van der Waals surface area contributed by atoms with E-state index in [0.29, 0.717) is 12.1 Å². The Morgan fingerprint density at radius 3 is 2.55 bits per heavy atom. The van der Waals surface area contributed by atoms with E-state index < -0.39 is 0 Å². The first kappa shape index (κ1) is 18.0. The zero-order valence-corrected chi connectivity index (χ0v) is 15.4. The SMILES string of the molecule is CCN1CCCC1CNC(=NC)NC1CCCCC1.I. The number of likely N-dealkylation sites (tertiary alicyclic amines) is 1. The molecule has 5 heteroatoms. The molecule has 1 atom stereocenters. The monoisotopic (exact) mass is 394 g/mol. The normalized spacial score (nSPS) is 25.3. The largest absolute Gasteiger partial charge is 0.355 e. The summed E-state index contributed by atoms with van der Waals surface area (Å²) < 4.78 is 0. The average molecular weight is 394 g/mol. The summed E-state index contributed by atoms with van der Waals surface area (Å²) in [5.74, 6) is 0.995. The van der Waals surface area contributed by atoms with E-state index in [-0.39, 0.29) is 24.0 Å². The highest BCUT2D eigenvalue weighted by atomic mass is 127. The number of halogens is 1. The zero-order valence-electron chi connectivity index (χ0n) is 13.0. The van der Waals surface area contributed by atoms with Crippen LogP contribution in [-0.4, -0.2) is 49.6 Å². The zero-order chi connectivity index (χ0) is 13.5. The number of hydrogen-bond acceptors (Lipinski definition) is 2. The summed E-state index contributed by atoms with van der Waals surface area (Å²) in [5, 5.41) is 7.10. The molecule has 0 amide bonds. The van der Waals surface area contributed by atoms with Crippen LogP contribution in [0.15, 0.2) is 4.99 Å². The molecule has 1 unspecified atom stereocenters. The van der Waals surface area contributed by atoms with Gasteiger partial charge in [0.1, 0.15) is 0 Å². The first-order valence-corrected chi connectivity index (χ1v) is 8.04. The van der Waals surface area contributed by atoms with Crippen molar-refractivity contribution in [2.45, 2.75) is 64.0 Å². The van der Waals surface area contributed by atoms with Gasteiger partial charge in [-0.15, -0.1) is 24.0 Å². The van der Waals surface area contributed by atoms with Crippen molar-refractivity contribution in [3.8, 4) is 0 Å². The minimum Gasteiger partial charge on any atom is -0.355 e. The number of aliphatic imine (C=N–C) groups is 1. The Morgan fingerprint density at radius 2 is 1.90 bits per heavy atom. The Balaban J connectivity index is 0.00000200. The van der Waals surface area contributed by atoms with E-state index in [1.54, 1.807) is 0 Å². The first-order chi connectivity index (χ1) is 9.33.